The molecule has 1 saturated heterocycles. The minimum atomic E-state index is -0.255. The van der Waals surface area contributed by atoms with Crippen molar-refractivity contribution in [2.24, 2.45) is 0 Å². The second-order valence-electron chi connectivity index (χ2n) is 6.63. The van der Waals surface area contributed by atoms with Crippen molar-refractivity contribution in [3.05, 3.63) is 42.4 Å². The second-order valence-corrected chi connectivity index (χ2v) is 6.63. The SMILES string of the molecule is CC(C)Nc1cnc(C(=O)Nc2ccc(N3CCCCC3)cc2)cn1. The molecule has 1 fully saturated rings. The summed E-state index contributed by atoms with van der Waals surface area (Å²) in [4.78, 5) is 23.1. The molecule has 3 rings (SSSR count). The Kier molecular flexibility index (Phi) is 5.48. The van der Waals surface area contributed by atoms with Gasteiger partial charge in [0, 0.05) is 30.5 Å². The Hall–Kier alpha value is -2.63. The van der Waals surface area contributed by atoms with Crippen LogP contribution in [0.5, 0.6) is 0 Å². The van der Waals surface area contributed by atoms with Gasteiger partial charge in [-0.25, -0.2) is 9.97 Å². The van der Waals surface area contributed by atoms with Crippen LogP contribution in [-0.2, 0) is 0 Å². The topological polar surface area (TPSA) is 70.2 Å². The molecule has 6 nitrogen and oxygen atoms in total. The lowest BCUT2D eigenvalue weighted by Crippen LogP contribution is -2.29. The molecule has 1 aromatic carbocycles. The van der Waals surface area contributed by atoms with Crippen molar-refractivity contribution in [2.45, 2.75) is 39.2 Å². The monoisotopic (exact) mass is 339 g/mol. The molecule has 0 unspecified atom stereocenters. The van der Waals surface area contributed by atoms with Crippen molar-refractivity contribution in [1.82, 2.24) is 9.97 Å². The zero-order chi connectivity index (χ0) is 17.6. The van der Waals surface area contributed by atoms with Gasteiger partial charge in [-0.05, 0) is 57.4 Å². The molecule has 1 aromatic heterocycles. The highest BCUT2D eigenvalue weighted by molar-refractivity contribution is 6.02. The van der Waals surface area contributed by atoms with Gasteiger partial charge >= 0.3 is 0 Å². The number of nitrogens with one attached hydrogen (secondary N) is 2. The Morgan fingerprint density at radius 3 is 2.36 bits per heavy atom. The third kappa shape index (κ3) is 4.68. The average molecular weight is 339 g/mol. The normalized spacial score (nSPS) is 14.4. The molecule has 1 aliphatic rings. The van der Waals surface area contributed by atoms with Crippen LogP contribution in [0.2, 0.25) is 0 Å². The van der Waals surface area contributed by atoms with Gasteiger partial charge in [0.25, 0.3) is 5.91 Å². The van der Waals surface area contributed by atoms with Crippen LogP contribution in [-0.4, -0.2) is 35.0 Å². The van der Waals surface area contributed by atoms with E-state index in [1.54, 1.807) is 6.20 Å². The van der Waals surface area contributed by atoms with E-state index in [1.165, 1.54) is 31.1 Å². The minimum Gasteiger partial charge on any atom is -0.372 e. The van der Waals surface area contributed by atoms with Crippen molar-refractivity contribution in [3.63, 3.8) is 0 Å². The van der Waals surface area contributed by atoms with Crippen molar-refractivity contribution in [3.8, 4) is 0 Å². The zero-order valence-electron chi connectivity index (χ0n) is 14.8. The van der Waals surface area contributed by atoms with Crippen LogP contribution in [0, 0.1) is 0 Å². The van der Waals surface area contributed by atoms with Gasteiger partial charge in [-0.2, -0.15) is 0 Å². The molecule has 0 bridgehead atoms. The Labute approximate surface area is 148 Å². The number of rotatable bonds is 5. The summed E-state index contributed by atoms with van der Waals surface area (Å²) < 4.78 is 0. The largest absolute Gasteiger partial charge is 0.372 e. The molecular weight excluding hydrogens is 314 g/mol. The van der Waals surface area contributed by atoms with Crippen LogP contribution in [0.4, 0.5) is 17.2 Å². The average Bonchev–Trinajstić information content (AvgIpc) is 2.63. The summed E-state index contributed by atoms with van der Waals surface area (Å²) in [5.41, 5.74) is 2.27. The van der Waals surface area contributed by atoms with E-state index in [9.17, 15) is 4.79 Å². The van der Waals surface area contributed by atoms with Gasteiger partial charge in [0.05, 0.1) is 12.4 Å². The number of piperidine rings is 1. The van der Waals surface area contributed by atoms with Gasteiger partial charge in [0.15, 0.2) is 0 Å². The Bertz CT molecular complexity index is 691. The molecule has 132 valence electrons. The van der Waals surface area contributed by atoms with Crippen molar-refractivity contribution in [1.29, 1.82) is 0 Å². The summed E-state index contributed by atoms with van der Waals surface area (Å²) in [5.74, 6) is 0.409. The molecule has 0 aliphatic carbocycles. The van der Waals surface area contributed by atoms with Crippen molar-refractivity contribution in [2.75, 3.05) is 28.6 Å². The van der Waals surface area contributed by atoms with E-state index in [1.807, 2.05) is 26.0 Å². The fourth-order valence-electron chi connectivity index (χ4n) is 2.92. The standard InChI is InChI=1S/C19H25N5O/c1-14(2)22-18-13-20-17(12-21-18)19(25)23-15-6-8-16(9-7-15)24-10-4-3-5-11-24/h6-9,12-14H,3-5,10-11H2,1-2H3,(H,21,22)(H,23,25). The van der Waals surface area contributed by atoms with E-state index in [0.29, 0.717) is 11.5 Å². The molecule has 0 radical (unpaired) electrons. The summed E-state index contributed by atoms with van der Waals surface area (Å²) in [6.45, 7) is 6.27. The predicted octanol–water partition coefficient (Wildman–Crippen LogP) is 3.54. The van der Waals surface area contributed by atoms with E-state index in [-0.39, 0.29) is 11.9 Å². The number of amides is 1. The number of carbonyl (C=O) groups is 1. The fourth-order valence-corrected chi connectivity index (χ4v) is 2.92. The van der Waals surface area contributed by atoms with E-state index in [0.717, 1.165) is 18.8 Å². The molecule has 1 aliphatic heterocycles. The maximum atomic E-state index is 12.3. The van der Waals surface area contributed by atoms with E-state index in [2.05, 4.69) is 37.6 Å². The molecule has 2 N–H and O–H groups in total. The number of hydrogen-bond donors (Lipinski definition) is 2. The quantitative estimate of drug-likeness (QED) is 0.872. The van der Waals surface area contributed by atoms with Crippen LogP contribution in [0.15, 0.2) is 36.7 Å². The summed E-state index contributed by atoms with van der Waals surface area (Å²) in [6.07, 6.45) is 6.88. The summed E-state index contributed by atoms with van der Waals surface area (Å²) >= 11 is 0. The fraction of sp³-hybridized carbons (Fsp3) is 0.421. The lowest BCUT2D eigenvalue weighted by molar-refractivity contribution is 0.102. The molecule has 25 heavy (non-hydrogen) atoms. The zero-order valence-corrected chi connectivity index (χ0v) is 14.8. The Morgan fingerprint density at radius 2 is 1.76 bits per heavy atom. The number of nitrogens with zero attached hydrogens (tertiary/aromatic N) is 3. The first-order chi connectivity index (χ1) is 12.1. The van der Waals surface area contributed by atoms with Gasteiger partial charge in [-0.1, -0.05) is 0 Å². The molecule has 6 heteroatoms. The number of anilines is 3. The predicted molar refractivity (Wildman–Crippen MR) is 101 cm³/mol. The molecule has 2 aromatic rings. The van der Waals surface area contributed by atoms with Gasteiger partial charge in [-0.15, -0.1) is 0 Å². The minimum absolute atomic E-state index is 0.255. The number of aromatic nitrogens is 2. The van der Waals surface area contributed by atoms with Gasteiger partial charge < -0.3 is 15.5 Å². The summed E-state index contributed by atoms with van der Waals surface area (Å²) in [6, 6.07) is 8.26. The Balaban J connectivity index is 1.60. The molecule has 1 amide bonds. The van der Waals surface area contributed by atoms with Gasteiger partial charge in [0.1, 0.15) is 11.5 Å². The highest BCUT2D eigenvalue weighted by Crippen LogP contribution is 2.22. The lowest BCUT2D eigenvalue weighted by atomic mass is 10.1. The molecule has 0 atom stereocenters. The summed E-state index contributed by atoms with van der Waals surface area (Å²) in [5, 5.41) is 6.02. The van der Waals surface area contributed by atoms with Crippen LogP contribution >= 0.6 is 0 Å². The smallest absolute Gasteiger partial charge is 0.275 e. The van der Waals surface area contributed by atoms with E-state index < -0.39 is 0 Å². The maximum absolute atomic E-state index is 12.3. The highest BCUT2D eigenvalue weighted by Gasteiger charge is 2.12. The first-order valence-electron chi connectivity index (χ1n) is 8.87. The van der Waals surface area contributed by atoms with Crippen molar-refractivity contribution < 1.29 is 4.79 Å². The summed E-state index contributed by atoms with van der Waals surface area (Å²) in [7, 11) is 0. The first kappa shape index (κ1) is 17.2. The first-order valence-corrected chi connectivity index (χ1v) is 8.87. The highest BCUT2D eigenvalue weighted by atomic mass is 16.1. The van der Waals surface area contributed by atoms with Crippen LogP contribution in [0.25, 0.3) is 0 Å². The van der Waals surface area contributed by atoms with Crippen LogP contribution in [0.1, 0.15) is 43.6 Å². The number of carbonyl (C=O) groups excluding carboxylic acids is 1. The number of hydrogen-bond acceptors (Lipinski definition) is 5. The Morgan fingerprint density at radius 1 is 1.04 bits per heavy atom. The molecular formula is C19H25N5O. The van der Waals surface area contributed by atoms with Crippen molar-refractivity contribution >= 4 is 23.1 Å². The third-order valence-corrected chi connectivity index (χ3v) is 4.17. The molecule has 2 heterocycles. The second kappa shape index (κ2) is 7.96. The van der Waals surface area contributed by atoms with Crippen LogP contribution < -0.4 is 15.5 Å². The third-order valence-electron chi connectivity index (χ3n) is 4.17. The van der Waals surface area contributed by atoms with E-state index in [4.69, 9.17) is 0 Å². The maximum Gasteiger partial charge on any atom is 0.275 e. The molecule has 0 spiro atoms. The van der Waals surface area contributed by atoms with E-state index >= 15 is 0 Å². The number of benzene rings is 1. The van der Waals surface area contributed by atoms with Gasteiger partial charge in [-0.3, -0.25) is 4.79 Å². The van der Waals surface area contributed by atoms with Gasteiger partial charge in [0.2, 0.25) is 0 Å². The van der Waals surface area contributed by atoms with Crippen LogP contribution in [0.3, 0.4) is 0 Å². The lowest BCUT2D eigenvalue weighted by Gasteiger charge is -2.28. The molecule has 0 saturated carbocycles.